The Morgan fingerprint density at radius 2 is 2.11 bits per heavy atom. The van der Waals surface area contributed by atoms with Crippen LogP contribution in [0.4, 0.5) is 5.82 Å². The molecule has 2 heterocycles. The van der Waals surface area contributed by atoms with Gasteiger partial charge in [-0.2, -0.15) is 0 Å². The molecule has 2 aromatic rings. The Bertz CT molecular complexity index is 545. The number of hydrogen-bond donors (Lipinski definition) is 1. The smallest absolute Gasteiger partial charge is 0.180 e. The second-order valence-electron chi connectivity index (χ2n) is 4.69. The topological polar surface area (TPSA) is 50.7 Å². The van der Waals surface area contributed by atoms with E-state index in [4.69, 9.17) is 11.6 Å². The van der Waals surface area contributed by atoms with Gasteiger partial charge in [0, 0.05) is 24.3 Å². The highest BCUT2D eigenvalue weighted by atomic mass is 35.5. The van der Waals surface area contributed by atoms with Crippen molar-refractivity contribution in [3.8, 4) is 0 Å². The van der Waals surface area contributed by atoms with Gasteiger partial charge in [-0.25, -0.2) is 9.97 Å². The molecule has 2 atom stereocenters. The van der Waals surface area contributed by atoms with Crippen LogP contribution in [0.5, 0.6) is 0 Å². The van der Waals surface area contributed by atoms with Crippen molar-refractivity contribution in [2.75, 3.05) is 11.2 Å². The van der Waals surface area contributed by atoms with E-state index in [1.165, 1.54) is 12.8 Å². The Hall–Kier alpha value is -1.42. The van der Waals surface area contributed by atoms with E-state index in [0.29, 0.717) is 23.5 Å². The quantitative estimate of drug-likeness (QED) is 0.865. The maximum absolute atomic E-state index is 5.98. The van der Waals surface area contributed by atoms with Crippen molar-refractivity contribution in [3.05, 3.63) is 24.5 Å². The molecule has 1 aliphatic carbocycles. The molecular weight excluding hydrogens is 248 g/mol. The van der Waals surface area contributed by atoms with Gasteiger partial charge in [0.2, 0.25) is 0 Å². The number of alkyl halides is 1. The fourth-order valence-corrected chi connectivity index (χ4v) is 2.91. The van der Waals surface area contributed by atoms with Crippen molar-refractivity contribution >= 4 is 28.6 Å². The molecule has 94 valence electrons. The van der Waals surface area contributed by atoms with Crippen LogP contribution >= 0.6 is 11.6 Å². The number of halogens is 1. The van der Waals surface area contributed by atoms with E-state index in [2.05, 4.69) is 20.3 Å². The van der Waals surface area contributed by atoms with Gasteiger partial charge in [-0.15, -0.1) is 11.6 Å². The van der Waals surface area contributed by atoms with E-state index < -0.39 is 0 Å². The number of rotatable bonds is 3. The Morgan fingerprint density at radius 1 is 1.22 bits per heavy atom. The maximum atomic E-state index is 5.98. The summed E-state index contributed by atoms with van der Waals surface area (Å²) in [5, 5.41) is 3.47. The summed E-state index contributed by atoms with van der Waals surface area (Å²) in [5.41, 5.74) is 1.51. The zero-order valence-electron chi connectivity index (χ0n) is 10.0. The highest BCUT2D eigenvalue weighted by molar-refractivity contribution is 6.18. The lowest BCUT2D eigenvalue weighted by molar-refractivity contribution is 0.561. The van der Waals surface area contributed by atoms with E-state index in [1.807, 2.05) is 12.1 Å². The van der Waals surface area contributed by atoms with Gasteiger partial charge >= 0.3 is 0 Å². The maximum Gasteiger partial charge on any atom is 0.180 e. The number of aromatic nitrogens is 3. The summed E-state index contributed by atoms with van der Waals surface area (Å²) in [5.74, 6) is 2.13. The normalized spacial score (nSPS) is 23.4. The van der Waals surface area contributed by atoms with Crippen molar-refractivity contribution in [3.63, 3.8) is 0 Å². The first-order valence-corrected chi connectivity index (χ1v) is 6.80. The molecule has 0 radical (unpaired) electrons. The van der Waals surface area contributed by atoms with Crippen LogP contribution in [-0.2, 0) is 0 Å². The van der Waals surface area contributed by atoms with Gasteiger partial charge in [0.15, 0.2) is 5.65 Å². The average molecular weight is 263 g/mol. The van der Waals surface area contributed by atoms with Crippen LogP contribution in [0.15, 0.2) is 24.5 Å². The standard InChI is InChI=1S/C13H15ClN4/c14-8-9-2-1-3-10(9)17-12-5-4-11-13(18-12)16-7-6-15-11/h4-7,9-10H,1-3,8H2,(H,16,17,18). The van der Waals surface area contributed by atoms with Crippen molar-refractivity contribution in [2.45, 2.75) is 25.3 Å². The van der Waals surface area contributed by atoms with Crippen molar-refractivity contribution < 1.29 is 0 Å². The summed E-state index contributed by atoms with van der Waals surface area (Å²) in [4.78, 5) is 12.9. The summed E-state index contributed by atoms with van der Waals surface area (Å²) in [7, 11) is 0. The molecule has 1 aliphatic rings. The van der Waals surface area contributed by atoms with Crippen LogP contribution in [0.25, 0.3) is 11.2 Å². The molecule has 0 amide bonds. The summed E-state index contributed by atoms with van der Waals surface area (Å²) in [6, 6.07) is 4.34. The highest BCUT2D eigenvalue weighted by Crippen LogP contribution is 2.29. The number of nitrogens with zero attached hydrogens (tertiary/aromatic N) is 3. The average Bonchev–Trinajstić information content (AvgIpc) is 2.86. The SMILES string of the molecule is ClCC1CCCC1Nc1ccc2nccnc2n1. The Morgan fingerprint density at radius 3 is 3.00 bits per heavy atom. The Labute approximate surface area is 111 Å². The van der Waals surface area contributed by atoms with Gasteiger partial charge in [-0.05, 0) is 30.9 Å². The molecule has 5 heteroatoms. The number of anilines is 1. The molecule has 0 aromatic carbocycles. The molecule has 1 N–H and O–H groups in total. The molecule has 1 saturated carbocycles. The molecule has 0 spiro atoms. The fraction of sp³-hybridized carbons (Fsp3) is 0.462. The zero-order chi connectivity index (χ0) is 12.4. The lowest BCUT2D eigenvalue weighted by atomic mass is 10.1. The number of nitrogens with one attached hydrogen (secondary N) is 1. The summed E-state index contributed by atoms with van der Waals surface area (Å²) in [6.07, 6.45) is 6.95. The van der Waals surface area contributed by atoms with Crippen LogP contribution in [0.1, 0.15) is 19.3 Å². The molecule has 0 aliphatic heterocycles. The van der Waals surface area contributed by atoms with Crippen molar-refractivity contribution in [1.29, 1.82) is 0 Å². The van der Waals surface area contributed by atoms with Gasteiger partial charge in [0.1, 0.15) is 11.3 Å². The van der Waals surface area contributed by atoms with Gasteiger partial charge in [0.25, 0.3) is 0 Å². The number of fused-ring (bicyclic) bond motifs is 1. The second kappa shape index (κ2) is 5.06. The lowest BCUT2D eigenvalue weighted by Gasteiger charge is -2.19. The fourth-order valence-electron chi connectivity index (χ4n) is 2.54. The van der Waals surface area contributed by atoms with E-state index in [1.54, 1.807) is 12.4 Å². The van der Waals surface area contributed by atoms with Crippen LogP contribution in [0, 0.1) is 5.92 Å². The third-order valence-corrected chi connectivity index (χ3v) is 3.92. The Kier molecular flexibility index (Phi) is 3.28. The molecule has 18 heavy (non-hydrogen) atoms. The van der Waals surface area contributed by atoms with E-state index in [-0.39, 0.29) is 0 Å². The van der Waals surface area contributed by atoms with Crippen LogP contribution in [0.3, 0.4) is 0 Å². The number of hydrogen-bond acceptors (Lipinski definition) is 4. The van der Waals surface area contributed by atoms with E-state index >= 15 is 0 Å². The van der Waals surface area contributed by atoms with Crippen molar-refractivity contribution in [1.82, 2.24) is 15.0 Å². The van der Waals surface area contributed by atoms with Gasteiger partial charge in [-0.1, -0.05) is 6.42 Å². The highest BCUT2D eigenvalue weighted by Gasteiger charge is 2.26. The zero-order valence-corrected chi connectivity index (χ0v) is 10.8. The first-order chi connectivity index (χ1) is 8.86. The molecule has 4 nitrogen and oxygen atoms in total. The van der Waals surface area contributed by atoms with Gasteiger partial charge in [0.05, 0.1) is 0 Å². The minimum Gasteiger partial charge on any atom is -0.367 e. The predicted molar refractivity (Wildman–Crippen MR) is 72.8 cm³/mol. The van der Waals surface area contributed by atoms with Crippen LogP contribution < -0.4 is 5.32 Å². The summed E-state index contributed by atoms with van der Waals surface area (Å²) < 4.78 is 0. The molecular formula is C13H15ClN4. The lowest BCUT2D eigenvalue weighted by Crippen LogP contribution is -2.25. The van der Waals surface area contributed by atoms with Gasteiger partial charge < -0.3 is 5.32 Å². The van der Waals surface area contributed by atoms with Crippen LogP contribution in [0.2, 0.25) is 0 Å². The van der Waals surface area contributed by atoms with E-state index in [0.717, 1.165) is 17.8 Å². The number of pyridine rings is 1. The third kappa shape index (κ3) is 2.25. The molecule has 0 saturated heterocycles. The molecule has 0 bridgehead atoms. The predicted octanol–water partition coefficient (Wildman–Crippen LogP) is 2.84. The monoisotopic (exact) mass is 262 g/mol. The molecule has 2 unspecified atom stereocenters. The second-order valence-corrected chi connectivity index (χ2v) is 5.00. The minimum absolute atomic E-state index is 0.434. The van der Waals surface area contributed by atoms with Crippen molar-refractivity contribution in [2.24, 2.45) is 5.92 Å². The summed E-state index contributed by atoms with van der Waals surface area (Å²) >= 11 is 5.98. The molecule has 1 fully saturated rings. The minimum atomic E-state index is 0.434. The molecule has 2 aromatic heterocycles. The third-order valence-electron chi connectivity index (χ3n) is 3.52. The molecule has 3 rings (SSSR count). The van der Waals surface area contributed by atoms with E-state index in [9.17, 15) is 0 Å². The first kappa shape index (κ1) is 11.7. The summed E-state index contributed by atoms with van der Waals surface area (Å²) in [6.45, 7) is 0. The first-order valence-electron chi connectivity index (χ1n) is 6.27. The Balaban J connectivity index is 1.82. The van der Waals surface area contributed by atoms with Gasteiger partial charge in [-0.3, -0.25) is 4.98 Å². The van der Waals surface area contributed by atoms with Crippen LogP contribution in [-0.4, -0.2) is 26.9 Å². The largest absolute Gasteiger partial charge is 0.367 e.